The third kappa shape index (κ3) is 5.70. The van der Waals surface area contributed by atoms with Gasteiger partial charge in [0.25, 0.3) is 6.71 Å². The van der Waals surface area contributed by atoms with E-state index in [1.54, 1.807) is 0 Å². The molecule has 10 rings (SSSR count). The number of aryl methyl sites for hydroxylation is 1. The average molecular weight is 766 g/mol. The second kappa shape index (κ2) is 12.3. The fourth-order valence-electron chi connectivity index (χ4n) is 8.72. The minimum absolute atomic E-state index is 0.00600. The molecule has 284 valence electrons. The third-order valence-electron chi connectivity index (χ3n) is 11.9. The highest BCUT2D eigenvalue weighted by Crippen LogP contribution is 2.51. The molecule has 0 spiro atoms. The van der Waals surface area contributed by atoms with Crippen LogP contribution in [0.5, 0.6) is 23.0 Å². The molecule has 6 heteroatoms. The molecule has 57 heavy (non-hydrogen) atoms. The van der Waals surface area contributed by atoms with E-state index in [2.05, 4.69) is 177 Å². The highest BCUT2D eigenvalue weighted by molar-refractivity contribution is 7.33. The predicted octanol–water partition coefficient (Wildman–Crippen LogP) is 13.2. The number of fused-ring (bicyclic) bond motifs is 9. The van der Waals surface area contributed by atoms with Crippen LogP contribution in [0, 0.1) is 6.92 Å². The lowest BCUT2D eigenvalue weighted by Gasteiger charge is -2.35. The Balaban J connectivity index is 1.31. The number of anilines is 3. The van der Waals surface area contributed by atoms with Gasteiger partial charge < -0.3 is 18.8 Å². The lowest BCUT2D eigenvalue weighted by Crippen LogP contribution is -2.56. The number of nitrogens with zero attached hydrogens (tertiary/aromatic N) is 1. The number of ether oxygens (including phenoxy) is 2. The molecule has 0 amide bonds. The fraction of sp³-hybridized carbons (Fsp3) is 0.255. The van der Waals surface area contributed by atoms with Crippen LogP contribution < -0.4 is 30.1 Å². The van der Waals surface area contributed by atoms with Crippen molar-refractivity contribution in [1.82, 2.24) is 0 Å². The highest BCUT2D eigenvalue weighted by Gasteiger charge is 2.45. The lowest BCUT2D eigenvalue weighted by atomic mass is 9.37. The zero-order chi connectivity index (χ0) is 39.8. The summed E-state index contributed by atoms with van der Waals surface area (Å²) >= 11 is 1.83. The molecule has 0 saturated carbocycles. The highest BCUT2D eigenvalue weighted by atomic mass is 32.1. The van der Waals surface area contributed by atoms with E-state index in [4.69, 9.17) is 13.9 Å². The fourth-order valence-corrected chi connectivity index (χ4v) is 9.96. The Labute approximate surface area is 340 Å². The molecule has 0 bridgehead atoms. The second-order valence-corrected chi connectivity index (χ2v) is 20.2. The molecule has 6 aromatic carbocycles. The minimum Gasteiger partial charge on any atom is -0.457 e. The molecule has 2 aromatic heterocycles. The van der Waals surface area contributed by atoms with Gasteiger partial charge in [0.15, 0.2) is 0 Å². The summed E-state index contributed by atoms with van der Waals surface area (Å²) < 4.78 is 23.6. The molecular weight excluding hydrogens is 717 g/mol. The number of para-hydroxylation sites is 1. The summed E-state index contributed by atoms with van der Waals surface area (Å²) in [5.41, 5.74) is 11.9. The van der Waals surface area contributed by atoms with Crippen molar-refractivity contribution in [2.45, 2.75) is 85.5 Å². The largest absolute Gasteiger partial charge is 0.457 e. The summed E-state index contributed by atoms with van der Waals surface area (Å²) in [6, 6.07) is 40.0. The molecule has 0 saturated heterocycles. The summed E-state index contributed by atoms with van der Waals surface area (Å²) in [4.78, 5) is 2.39. The van der Waals surface area contributed by atoms with E-state index >= 15 is 0 Å². The summed E-state index contributed by atoms with van der Waals surface area (Å²) in [7, 11) is 0. The zero-order valence-corrected chi connectivity index (χ0v) is 35.4. The maximum Gasteiger partial charge on any atom is 0.273 e. The van der Waals surface area contributed by atoms with Crippen molar-refractivity contribution in [3.63, 3.8) is 0 Å². The Hall–Kier alpha value is -5.46. The maximum absolute atomic E-state index is 7.34. The summed E-state index contributed by atoms with van der Waals surface area (Å²) in [6.07, 6.45) is 0. The molecule has 8 aromatic rings. The molecule has 0 radical (unpaired) electrons. The van der Waals surface area contributed by atoms with E-state index in [0.29, 0.717) is 0 Å². The van der Waals surface area contributed by atoms with Crippen molar-refractivity contribution in [2.75, 3.05) is 4.90 Å². The van der Waals surface area contributed by atoms with E-state index in [1.807, 2.05) is 17.4 Å². The van der Waals surface area contributed by atoms with Crippen LogP contribution in [0.1, 0.15) is 84.6 Å². The molecule has 0 atom stereocenters. The van der Waals surface area contributed by atoms with Gasteiger partial charge in [0.1, 0.15) is 39.9 Å². The number of benzene rings is 6. The van der Waals surface area contributed by atoms with Crippen LogP contribution in [0.2, 0.25) is 0 Å². The molecule has 2 aliphatic rings. The van der Waals surface area contributed by atoms with Crippen LogP contribution in [0.15, 0.2) is 114 Å². The number of rotatable bonds is 3. The maximum atomic E-state index is 7.34. The van der Waals surface area contributed by atoms with Crippen molar-refractivity contribution < 1.29 is 13.9 Å². The summed E-state index contributed by atoms with van der Waals surface area (Å²) in [5, 5.41) is 3.24. The van der Waals surface area contributed by atoms with Crippen LogP contribution in [0.25, 0.3) is 32.0 Å². The van der Waals surface area contributed by atoms with Gasteiger partial charge in [-0.15, -0.1) is 11.3 Å². The van der Waals surface area contributed by atoms with Crippen LogP contribution in [0.4, 0.5) is 17.1 Å². The van der Waals surface area contributed by atoms with Gasteiger partial charge in [0.2, 0.25) is 0 Å². The first kappa shape index (κ1) is 35.9. The number of furan rings is 1. The minimum atomic E-state index is -0.122. The standard InChI is InChI=1S/C51H48BNO3S/c1-29-25-40-44-41(26-29)56-47-37(52(44)48-46(55-40)36-27-32(51(8,9)10)19-24-42(36)57-48)28-39-43(35-13-11-12-14-38(35)54-39)45(47)53(33-20-15-30(16-21-33)49(2,3)4)34-22-17-31(18-23-34)50(5,6)7/h11-28H,1-10H3. The normalized spacial score (nSPS) is 13.7. The Bertz CT molecular complexity index is 2860. The van der Waals surface area contributed by atoms with Crippen molar-refractivity contribution in [2.24, 2.45) is 0 Å². The van der Waals surface area contributed by atoms with Gasteiger partial charge >= 0.3 is 0 Å². The van der Waals surface area contributed by atoms with Crippen molar-refractivity contribution >= 4 is 82.8 Å². The van der Waals surface area contributed by atoms with Crippen LogP contribution in [-0.4, -0.2) is 6.71 Å². The van der Waals surface area contributed by atoms with E-state index in [9.17, 15) is 0 Å². The Morgan fingerprint density at radius 2 is 1.12 bits per heavy atom. The molecule has 4 nitrogen and oxygen atoms in total. The number of thiophene rings is 1. The van der Waals surface area contributed by atoms with Crippen LogP contribution in [-0.2, 0) is 16.2 Å². The van der Waals surface area contributed by atoms with E-state index in [1.165, 1.54) is 26.2 Å². The molecule has 0 N–H and O–H groups in total. The number of hydrogen-bond acceptors (Lipinski definition) is 5. The van der Waals surface area contributed by atoms with Gasteiger partial charge in [-0.3, -0.25) is 0 Å². The Kier molecular flexibility index (Phi) is 7.74. The first-order chi connectivity index (χ1) is 27.0. The lowest BCUT2D eigenvalue weighted by molar-refractivity contribution is 0.468. The smallest absolute Gasteiger partial charge is 0.273 e. The average Bonchev–Trinajstić information content (AvgIpc) is 3.71. The van der Waals surface area contributed by atoms with Gasteiger partial charge in [-0.05, 0) is 112 Å². The molecule has 0 fully saturated rings. The Morgan fingerprint density at radius 3 is 1.72 bits per heavy atom. The molecular formula is C51H48BNO3S. The van der Waals surface area contributed by atoms with E-state index in [0.717, 1.165) is 83.9 Å². The zero-order valence-electron chi connectivity index (χ0n) is 34.5. The van der Waals surface area contributed by atoms with Gasteiger partial charge in [-0.25, -0.2) is 0 Å². The SMILES string of the molecule is Cc1cc2c3c(c1)Oc1c(sc4ccc(C(C)(C)C)cc14)B3c1cc3oc4ccccc4c3c(N(c3ccc(C(C)(C)C)cc3)c3ccc(C(C)(C)C)cc3)c1O2. The summed E-state index contributed by atoms with van der Waals surface area (Å²) in [6.45, 7) is 22.4. The van der Waals surface area contributed by atoms with E-state index in [-0.39, 0.29) is 23.0 Å². The van der Waals surface area contributed by atoms with Crippen molar-refractivity contribution in [3.8, 4) is 23.0 Å². The molecule has 0 aliphatic carbocycles. The van der Waals surface area contributed by atoms with Gasteiger partial charge in [-0.2, -0.15) is 0 Å². The topological polar surface area (TPSA) is 34.8 Å². The number of hydrogen-bond donors (Lipinski definition) is 0. The second-order valence-electron chi connectivity index (χ2n) is 19.1. The monoisotopic (exact) mass is 765 g/mol. The van der Waals surface area contributed by atoms with E-state index < -0.39 is 0 Å². The van der Waals surface area contributed by atoms with Gasteiger partial charge in [0, 0.05) is 37.1 Å². The third-order valence-corrected chi connectivity index (χ3v) is 13.1. The van der Waals surface area contributed by atoms with Gasteiger partial charge in [0.05, 0.1) is 5.39 Å². The summed E-state index contributed by atoms with van der Waals surface area (Å²) in [5.74, 6) is 3.47. The van der Waals surface area contributed by atoms with Gasteiger partial charge in [-0.1, -0.05) is 111 Å². The van der Waals surface area contributed by atoms with Crippen LogP contribution >= 0.6 is 11.3 Å². The molecule has 2 aliphatic heterocycles. The Morgan fingerprint density at radius 1 is 0.561 bits per heavy atom. The first-order valence-corrected chi connectivity index (χ1v) is 20.9. The quantitative estimate of drug-likeness (QED) is 0.168. The first-order valence-electron chi connectivity index (χ1n) is 20.1. The molecule has 4 heterocycles. The van der Waals surface area contributed by atoms with Crippen molar-refractivity contribution in [1.29, 1.82) is 0 Å². The predicted molar refractivity (Wildman–Crippen MR) is 242 cm³/mol. The van der Waals surface area contributed by atoms with Crippen LogP contribution in [0.3, 0.4) is 0 Å². The van der Waals surface area contributed by atoms with Crippen molar-refractivity contribution in [3.05, 3.63) is 131 Å². The molecule has 0 unspecified atom stereocenters.